The smallest absolute Gasteiger partial charge is 0.0555 e. The molecule has 0 heterocycles. The van der Waals surface area contributed by atoms with E-state index in [1.54, 1.807) is 0 Å². The molecule has 0 aromatic carbocycles. The van der Waals surface area contributed by atoms with Gasteiger partial charge in [0.25, 0.3) is 0 Å². The number of rotatable bonds is 18. The highest BCUT2D eigenvalue weighted by Crippen LogP contribution is 2.09. The minimum Gasteiger partial charge on any atom is -0.395 e. The van der Waals surface area contributed by atoms with Crippen LogP contribution < -0.4 is 5.32 Å². The maximum Gasteiger partial charge on any atom is 0.0555 e. The van der Waals surface area contributed by atoms with Gasteiger partial charge in [0.05, 0.1) is 6.61 Å². The molecule has 132 valence electrons. The second-order valence-electron chi connectivity index (χ2n) is 6.41. The normalized spacial score (nSPS) is 11.5. The zero-order valence-corrected chi connectivity index (χ0v) is 15.1. The Kier molecular flexibility index (Phi) is 20.3. The lowest BCUT2D eigenvalue weighted by Gasteiger charge is -2.02. The van der Waals surface area contributed by atoms with Crippen LogP contribution in [0, 0.1) is 0 Å². The summed E-state index contributed by atoms with van der Waals surface area (Å²) in [4.78, 5) is 0. The van der Waals surface area contributed by atoms with Crippen LogP contribution in [-0.4, -0.2) is 24.8 Å². The van der Waals surface area contributed by atoms with Crippen molar-refractivity contribution in [1.29, 1.82) is 0 Å². The molecule has 0 atom stereocenters. The number of nitrogens with one attached hydrogen (secondary N) is 1. The monoisotopic (exact) mass is 311 g/mol. The molecule has 0 unspecified atom stereocenters. The van der Waals surface area contributed by atoms with Gasteiger partial charge in [0.1, 0.15) is 0 Å². The minimum absolute atomic E-state index is 0.256. The summed E-state index contributed by atoms with van der Waals surface area (Å²) in [6, 6.07) is 0. The van der Waals surface area contributed by atoms with Crippen LogP contribution in [-0.2, 0) is 0 Å². The van der Waals surface area contributed by atoms with Crippen LogP contribution in [0.5, 0.6) is 0 Å². The van der Waals surface area contributed by atoms with Crippen LogP contribution in [0.1, 0.15) is 96.8 Å². The van der Waals surface area contributed by atoms with Gasteiger partial charge in [0.2, 0.25) is 0 Å². The molecule has 0 spiro atoms. The van der Waals surface area contributed by atoms with Gasteiger partial charge in [-0.3, -0.25) is 0 Å². The lowest BCUT2D eigenvalue weighted by atomic mass is 10.1. The molecule has 0 aliphatic rings. The van der Waals surface area contributed by atoms with Gasteiger partial charge in [-0.25, -0.2) is 0 Å². The Balaban J connectivity index is 3.02. The molecule has 0 saturated carbocycles. The predicted octanol–water partition coefficient (Wildman–Crippen LogP) is 5.61. The van der Waals surface area contributed by atoms with Crippen LogP contribution in [0.25, 0.3) is 0 Å². The Morgan fingerprint density at radius 3 is 1.68 bits per heavy atom. The van der Waals surface area contributed by atoms with Crippen LogP contribution in [0.4, 0.5) is 0 Å². The Labute approximate surface area is 139 Å². The Morgan fingerprint density at radius 2 is 1.14 bits per heavy atom. The highest BCUT2D eigenvalue weighted by atomic mass is 16.3. The summed E-state index contributed by atoms with van der Waals surface area (Å²) < 4.78 is 0. The third-order valence-corrected chi connectivity index (χ3v) is 4.15. The summed E-state index contributed by atoms with van der Waals surface area (Å²) in [6.07, 6.45) is 23.8. The second kappa shape index (κ2) is 20.7. The van der Waals surface area contributed by atoms with Crippen molar-refractivity contribution >= 4 is 0 Å². The fraction of sp³-hybridized carbons (Fsp3) is 0.900. The van der Waals surface area contributed by atoms with Crippen molar-refractivity contribution in [2.24, 2.45) is 0 Å². The molecule has 0 bridgehead atoms. The Morgan fingerprint density at radius 1 is 0.636 bits per heavy atom. The molecule has 0 aliphatic heterocycles. The molecule has 0 saturated heterocycles. The van der Waals surface area contributed by atoms with Crippen molar-refractivity contribution in [3.05, 3.63) is 12.2 Å². The summed E-state index contributed by atoms with van der Waals surface area (Å²) in [6.45, 7) is 4.33. The number of aliphatic hydroxyl groups is 1. The van der Waals surface area contributed by atoms with Gasteiger partial charge in [-0.15, -0.1) is 0 Å². The first-order chi connectivity index (χ1) is 10.9. The van der Waals surface area contributed by atoms with E-state index in [2.05, 4.69) is 24.4 Å². The van der Waals surface area contributed by atoms with Crippen molar-refractivity contribution < 1.29 is 5.11 Å². The van der Waals surface area contributed by atoms with Gasteiger partial charge >= 0.3 is 0 Å². The van der Waals surface area contributed by atoms with Crippen molar-refractivity contribution in [3.63, 3.8) is 0 Å². The summed E-state index contributed by atoms with van der Waals surface area (Å²) in [5.74, 6) is 0. The highest BCUT2D eigenvalue weighted by Gasteiger charge is 1.91. The molecule has 22 heavy (non-hydrogen) atoms. The third-order valence-electron chi connectivity index (χ3n) is 4.15. The second-order valence-corrected chi connectivity index (χ2v) is 6.41. The van der Waals surface area contributed by atoms with E-state index in [-0.39, 0.29) is 6.61 Å². The van der Waals surface area contributed by atoms with Gasteiger partial charge < -0.3 is 10.4 Å². The molecular weight excluding hydrogens is 270 g/mol. The van der Waals surface area contributed by atoms with E-state index in [0.717, 1.165) is 13.1 Å². The summed E-state index contributed by atoms with van der Waals surface area (Å²) in [5.41, 5.74) is 0. The molecule has 0 fully saturated rings. The first-order valence-electron chi connectivity index (χ1n) is 9.88. The topological polar surface area (TPSA) is 32.3 Å². The number of hydrogen-bond donors (Lipinski definition) is 2. The molecule has 0 amide bonds. The van der Waals surface area contributed by atoms with Crippen molar-refractivity contribution in [2.45, 2.75) is 96.8 Å². The summed E-state index contributed by atoms with van der Waals surface area (Å²) in [5, 5.41) is 11.9. The standard InChI is InChI=1S/C20H41NO/c1-2-3-4-5-6-7-8-9-10-11-12-13-14-15-16-17-18-21-19-20-22/h9-10,21-22H,2-8,11-20H2,1H3/b10-9-. The van der Waals surface area contributed by atoms with E-state index in [1.165, 1.54) is 89.9 Å². The fourth-order valence-corrected chi connectivity index (χ4v) is 2.70. The van der Waals surface area contributed by atoms with Gasteiger partial charge in [-0.1, -0.05) is 76.9 Å². The number of unbranched alkanes of at least 4 members (excludes halogenated alkanes) is 12. The van der Waals surface area contributed by atoms with Crippen LogP contribution in [0.15, 0.2) is 12.2 Å². The first-order valence-corrected chi connectivity index (χ1v) is 9.88. The summed E-state index contributed by atoms with van der Waals surface area (Å²) >= 11 is 0. The predicted molar refractivity (Wildman–Crippen MR) is 99.4 cm³/mol. The van der Waals surface area contributed by atoms with Crippen molar-refractivity contribution in [1.82, 2.24) is 5.32 Å². The highest BCUT2D eigenvalue weighted by molar-refractivity contribution is 4.81. The van der Waals surface area contributed by atoms with Crippen LogP contribution in [0.3, 0.4) is 0 Å². The van der Waals surface area contributed by atoms with Gasteiger partial charge in [-0.05, 0) is 38.6 Å². The van der Waals surface area contributed by atoms with E-state index >= 15 is 0 Å². The van der Waals surface area contributed by atoms with E-state index in [4.69, 9.17) is 5.11 Å². The fourth-order valence-electron chi connectivity index (χ4n) is 2.70. The SMILES string of the molecule is CCCCCCCC/C=C\CCCCCCCCNCCO. The molecule has 2 nitrogen and oxygen atoms in total. The maximum atomic E-state index is 8.63. The van der Waals surface area contributed by atoms with E-state index in [1.807, 2.05) is 0 Å². The summed E-state index contributed by atoms with van der Waals surface area (Å²) in [7, 11) is 0. The molecular formula is C20H41NO. The van der Waals surface area contributed by atoms with Crippen molar-refractivity contribution in [2.75, 3.05) is 19.7 Å². The number of aliphatic hydroxyl groups excluding tert-OH is 1. The van der Waals surface area contributed by atoms with Crippen molar-refractivity contribution in [3.8, 4) is 0 Å². The van der Waals surface area contributed by atoms with Gasteiger partial charge in [-0.2, -0.15) is 0 Å². The zero-order chi connectivity index (χ0) is 16.1. The van der Waals surface area contributed by atoms with Gasteiger partial charge in [0, 0.05) is 6.54 Å². The molecule has 0 rings (SSSR count). The minimum atomic E-state index is 0.256. The lowest BCUT2D eigenvalue weighted by molar-refractivity contribution is 0.292. The average molecular weight is 312 g/mol. The van der Waals surface area contributed by atoms with E-state index in [9.17, 15) is 0 Å². The zero-order valence-electron chi connectivity index (χ0n) is 15.1. The third kappa shape index (κ3) is 19.7. The van der Waals surface area contributed by atoms with Crippen LogP contribution >= 0.6 is 0 Å². The lowest BCUT2D eigenvalue weighted by Crippen LogP contribution is -2.19. The molecule has 2 N–H and O–H groups in total. The average Bonchev–Trinajstić information content (AvgIpc) is 2.54. The Hall–Kier alpha value is -0.340. The quantitative estimate of drug-likeness (QED) is 0.255. The largest absolute Gasteiger partial charge is 0.395 e. The maximum absolute atomic E-state index is 8.63. The Bertz CT molecular complexity index is 216. The molecule has 2 heteroatoms. The van der Waals surface area contributed by atoms with E-state index in [0.29, 0.717) is 0 Å². The molecule has 0 radical (unpaired) electrons. The molecule has 0 aliphatic carbocycles. The number of hydrogen-bond acceptors (Lipinski definition) is 2. The number of allylic oxidation sites excluding steroid dienone is 2. The molecule has 0 aromatic heterocycles. The molecule has 0 aromatic rings. The van der Waals surface area contributed by atoms with E-state index < -0.39 is 0 Å². The van der Waals surface area contributed by atoms with Gasteiger partial charge in [0.15, 0.2) is 0 Å². The van der Waals surface area contributed by atoms with Crippen LogP contribution in [0.2, 0.25) is 0 Å². The first kappa shape index (κ1) is 21.7.